The molecule has 0 atom stereocenters. The summed E-state index contributed by atoms with van der Waals surface area (Å²) in [5, 5.41) is 13.0. The van der Waals surface area contributed by atoms with E-state index in [0.717, 1.165) is 18.4 Å². The van der Waals surface area contributed by atoms with Crippen molar-refractivity contribution in [2.24, 2.45) is 0 Å². The van der Waals surface area contributed by atoms with E-state index in [2.05, 4.69) is 15.1 Å². The molecule has 1 aliphatic carbocycles. The van der Waals surface area contributed by atoms with Gasteiger partial charge in [0, 0.05) is 23.6 Å². The van der Waals surface area contributed by atoms with Gasteiger partial charge in [0.25, 0.3) is 5.91 Å². The summed E-state index contributed by atoms with van der Waals surface area (Å²) < 4.78 is 5.28. The van der Waals surface area contributed by atoms with Gasteiger partial charge in [-0.25, -0.2) is 4.98 Å². The van der Waals surface area contributed by atoms with Crippen molar-refractivity contribution in [1.82, 2.24) is 20.0 Å². The average Bonchev–Trinajstić information content (AvgIpc) is 3.50. The van der Waals surface area contributed by atoms with Crippen LogP contribution < -0.4 is 0 Å². The van der Waals surface area contributed by atoms with Crippen molar-refractivity contribution in [1.29, 1.82) is 5.26 Å². The van der Waals surface area contributed by atoms with Crippen LogP contribution in [0.4, 0.5) is 0 Å². The van der Waals surface area contributed by atoms with Gasteiger partial charge < -0.3 is 9.42 Å². The van der Waals surface area contributed by atoms with E-state index in [1.807, 2.05) is 31.2 Å². The van der Waals surface area contributed by atoms with Crippen LogP contribution in [0.3, 0.4) is 0 Å². The number of hydrogen-bond acceptors (Lipinski definition) is 6. The van der Waals surface area contributed by atoms with Gasteiger partial charge in [-0.05, 0) is 44.0 Å². The Morgan fingerprint density at radius 3 is 2.82 bits per heavy atom. The van der Waals surface area contributed by atoms with Crippen LogP contribution in [-0.2, 0) is 6.54 Å². The Kier molecular flexibility index (Phi) is 4.85. The largest absolute Gasteiger partial charge is 0.339 e. The lowest BCUT2D eigenvalue weighted by atomic mass is 10.1. The van der Waals surface area contributed by atoms with Gasteiger partial charge in [0.2, 0.25) is 5.89 Å². The van der Waals surface area contributed by atoms with Gasteiger partial charge in [-0.1, -0.05) is 23.4 Å². The molecule has 7 heteroatoms. The Labute approximate surface area is 162 Å². The molecule has 1 aromatic carbocycles. The molecule has 2 heterocycles. The highest BCUT2D eigenvalue weighted by Gasteiger charge is 2.30. The van der Waals surface area contributed by atoms with Crippen molar-refractivity contribution in [3.05, 3.63) is 65.4 Å². The van der Waals surface area contributed by atoms with E-state index in [0.29, 0.717) is 47.7 Å². The summed E-state index contributed by atoms with van der Waals surface area (Å²) in [6.07, 6.45) is 2.18. The van der Waals surface area contributed by atoms with E-state index in [-0.39, 0.29) is 5.91 Å². The fraction of sp³-hybridized carbons (Fsp3) is 0.286. The zero-order valence-corrected chi connectivity index (χ0v) is 15.5. The van der Waals surface area contributed by atoms with E-state index in [1.165, 1.54) is 0 Å². The van der Waals surface area contributed by atoms with Crippen LogP contribution in [-0.4, -0.2) is 32.5 Å². The van der Waals surface area contributed by atoms with E-state index < -0.39 is 0 Å². The van der Waals surface area contributed by atoms with Crippen molar-refractivity contribution in [3.63, 3.8) is 0 Å². The number of aromatic nitrogens is 3. The Morgan fingerprint density at radius 2 is 2.07 bits per heavy atom. The van der Waals surface area contributed by atoms with Gasteiger partial charge in [0.1, 0.15) is 11.8 Å². The Balaban J connectivity index is 1.54. The van der Waals surface area contributed by atoms with E-state index in [4.69, 9.17) is 9.78 Å². The smallest absolute Gasteiger partial charge is 0.254 e. The zero-order valence-electron chi connectivity index (χ0n) is 15.5. The number of benzene rings is 1. The van der Waals surface area contributed by atoms with Crippen molar-refractivity contribution in [2.45, 2.75) is 32.2 Å². The number of pyridine rings is 1. The number of rotatable bonds is 6. The van der Waals surface area contributed by atoms with Crippen LogP contribution in [0.2, 0.25) is 0 Å². The summed E-state index contributed by atoms with van der Waals surface area (Å²) in [4.78, 5) is 23.4. The van der Waals surface area contributed by atoms with Crippen molar-refractivity contribution in [2.75, 3.05) is 6.54 Å². The monoisotopic (exact) mass is 373 g/mol. The first-order valence-corrected chi connectivity index (χ1v) is 9.27. The highest BCUT2D eigenvalue weighted by Crippen LogP contribution is 2.38. The van der Waals surface area contributed by atoms with Gasteiger partial charge in [-0.15, -0.1) is 0 Å². The molecule has 1 fully saturated rings. The summed E-state index contributed by atoms with van der Waals surface area (Å²) in [6.45, 7) is 2.75. The van der Waals surface area contributed by atoms with Crippen LogP contribution in [0.1, 0.15) is 53.5 Å². The summed E-state index contributed by atoms with van der Waals surface area (Å²) in [7, 11) is 0. The molecule has 0 spiro atoms. The molecule has 1 saturated carbocycles. The van der Waals surface area contributed by atoms with Gasteiger partial charge >= 0.3 is 0 Å². The predicted octanol–water partition coefficient (Wildman–Crippen LogP) is 3.54. The second-order valence-electron chi connectivity index (χ2n) is 6.74. The lowest BCUT2D eigenvalue weighted by Gasteiger charge is -2.19. The third kappa shape index (κ3) is 3.76. The molecule has 4 rings (SSSR count). The lowest BCUT2D eigenvalue weighted by Crippen LogP contribution is -2.30. The molecule has 0 saturated heterocycles. The minimum Gasteiger partial charge on any atom is -0.339 e. The quantitative estimate of drug-likeness (QED) is 0.656. The summed E-state index contributed by atoms with van der Waals surface area (Å²) >= 11 is 0. The average molecular weight is 373 g/mol. The van der Waals surface area contributed by atoms with Crippen LogP contribution in [0.5, 0.6) is 0 Å². The van der Waals surface area contributed by atoms with E-state index in [1.54, 1.807) is 29.2 Å². The Hall–Kier alpha value is -3.53. The second-order valence-corrected chi connectivity index (χ2v) is 6.74. The molecule has 0 aliphatic heterocycles. The second kappa shape index (κ2) is 7.61. The molecule has 0 bridgehead atoms. The highest BCUT2D eigenvalue weighted by molar-refractivity contribution is 5.95. The summed E-state index contributed by atoms with van der Waals surface area (Å²) in [5.41, 5.74) is 2.33. The first kappa shape index (κ1) is 17.9. The molecule has 2 aromatic heterocycles. The Bertz CT molecular complexity index is 1050. The van der Waals surface area contributed by atoms with Crippen molar-refractivity contribution in [3.8, 4) is 17.3 Å². The number of carbonyl (C=O) groups is 1. The van der Waals surface area contributed by atoms with Crippen LogP contribution in [0, 0.1) is 11.3 Å². The highest BCUT2D eigenvalue weighted by atomic mass is 16.5. The summed E-state index contributed by atoms with van der Waals surface area (Å²) in [5.74, 6) is 1.47. The van der Waals surface area contributed by atoms with Crippen LogP contribution >= 0.6 is 0 Å². The molecule has 3 aromatic rings. The number of nitrogens with zero attached hydrogens (tertiary/aromatic N) is 5. The van der Waals surface area contributed by atoms with Crippen LogP contribution in [0.15, 0.2) is 47.0 Å². The van der Waals surface area contributed by atoms with Gasteiger partial charge in [-0.2, -0.15) is 10.2 Å². The Morgan fingerprint density at radius 1 is 1.25 bits per heavy atom. The molecule has 1 amide bonds. The third-order valence-electron chi connectivity index (χ3n) is 4.68. The zero-order chi connectivity index (χ0) is 19.5. The minimum absolute atomic E-state index is 0.112. The minimum atomic E-state index is -0.112. The van der Waals surface area contributed by atoms with Gasteiger partial charge in [0.15, 0.2) is 5.82 Å². The van der Waals surface area contributed by atoms with E-state index >= 15 is 0 Å². The molecule has 28 heavy (non-hydrogen) atoms. The molecule has 0 unspecified atom stereocenters. The van der Waals surface area contributed by atoms with Crippen molar-refractivity contribution >= 4 is 5.91 Å². The maximum Gasteiger partial charge on any atom is 0.254 e. The predicted molar refractivity (Wildman–Crippen MR) is 101 cm³/mol. The van der Waals surface area contributed by atoms with Gasteiger partial charge in [0.05, 0.1) is 12.2 Å². The molecule has 0 radical (unpaired) electrons. The molecule has 0 N–H and O–H groups in total. The SMILES string of the molecule is CCN(Cc1noc(C2CC2)n1)C(=O)c1cccc(-c2cccc(C#N)n2)c1. The standard InChI is InChI=1S/C21H19N5O2/c1-2-26(13-19-24-20(28-25-19)14-9-10-14)21(27)16-6-3-5-15(11-16)18-8-4-7-17(12-22)23-18/h3-8,11,14H,2,9-10,13H2,1H3. The van der Waals surface area contributed by atoms with E-state index in [9.17, 15) is 4.79 Å². The maximum absolute atomic E-state index is 13.0. The first-order chi connectivity index (χ1) is 13.7. The fourth-order valence-electron chi connectivity index (χ4n) is 2.98. The molecular weight excluding hydrogens is 354 g/mol. The lowest BCUT2D eigenvalue weighted by molar-refractivity contribution is 0.0747. The third-order valence-corrected chi connectivity index (χ3v) is 4.68. The first-order valence-electron chi connectivity index (χ1n) is 9.27. The van der Waals surface area contributed by atoms with Crippen molar-refractivity contribution < 1.29 is 9.32 Å². The number of carbonyl (C=O) groups excluding carboxylic acids is 1. The number of hydrogen-bond donors (Lipinski definition) is 0. The maximum atomic E-state index is 13.0. The molecule has 140 valence electrons. The molecule has 1 aliphatic rings. The number of nitriles is 1. The summed E-state index contributed by atoms with van der Waals surface area (Å²) in [6, 6.07) is 14.5. The van der Waals surface area contributed by atoms with Crippen LogP contribution in [0.25, 0.3) is 11.3 Å². The number of amides is 1. The van der Waals surface area contributed by atoms with Gasteiger partial charge in [-0.3, -0.25) is 4.79 Å². The molecular formula is C21H19N5O2. The normalized spacial score (nSPS) is 13.1. The topological polar surface area (TPSA) is 95.9 Å². The fourth-order valence-corrected chi connectivity index (χ4v) is 2.98. The molecule has 7 nitrogen and oxygen atoms in total.